The predicted molar refractivity (Wildman–Crippen MR) is 130 cm³/mol. The van der Waals surface area contributed by atoms with Crippen molar-refractivity contribution in [3.63, 3.8) is 0 Å². The van der Waals surface area contributed by atoms with Gasteiger partial charge in [0.1, 0.15) is 77.7 Å². The molecule has 0 aliphatic carbocycles. The van der Waals surface area contributed by atoms with Crippen LogP contribution in [0.3, 0.4) is 0 Å². The third kappa shape index (κ3) is 4.16. The van der Waals surface area contributed by atoms with Gasteiger partial charge in [0.15, 0.2) is 0 Å². The summed E-state index contributed by atoms with van der Waals surface area (Å²) in [6.07, 6.45) is 0. The Bertz CT molecular complexity index is 1370. The molecule has 0 aliphatic heterocycles. The van der Waals surface area contributed by atoms with Crippen LogP contribution in [-0.2, 0) is 4.18 Å². The van der Waals surface area contributed by atoms with E-state index in [4.69, 9.17) is 4.18 Å². The van der Waals surface area contributed by atoms with E-state index in [9.17, 15) is 55.9 Å². The summed E-state index contributed by atoms with van der Waals surface area (Å²) in [6, 6.07) is 9.22. The molecule has 0 saturated heterocycles. The number of benzene rings is 4. The molecule has 0 bridgehead atoms. The highest BCUT2D eigenvalue weighted by molar-refractivity contribution is 8.30. The van der Waals surface area contributed by atoms with Crippen LogP contribution >= 0.6 is 10.3 Å². The number of para-hydroxylation sites is 1. The van der Waals surface area contributed by atoms with Gasteiger partial charge < -0.3 is 55.2 Å². The maximum Gasteiger partial charge on any atom is 0.353 e. The molecule has 12 nitrogen and oxygen atoms in total. The first-order chi connectivity index (χ1) is 17.9. The van der Waals surface area contributed by atoms with Crippen LogP contribution in [0.4, 0.5) is 0 Å². The first kappa shape index (κ1) is 25.8. The van der Waals surface area contributed by atoms with E-state index in [1.54, 1.807) is 0 Å². The fraction of sp³-hybridized carbons (Fsp3) is 0. The Labute approximate surface area is 214 Å². The molecule has 13 heteroatoms. The Kier molecular flexibility index (Phi) is 6.31. The quantitative estimate of drug-likeness (QED) is 0.173. The average Bonchev–Trinajstić information content (AvgIpc) is 2.77. The first-order valence-corrected chi connectivity index (χ1v) is 12.0. The monoisotopic (exact) mass is 544 g/mol. The van der Waals surface area contributed by atoms with E-state index in [-0.39, 0.29) is 0 Å². The zero-order valence-corrected chi connectivity index (χ0v) is 19.8. The van der Waals surface area contributed by atoms with Crippen molar-refractivity contribution < 1.29 is 60.0 Å². The molecule has 0 radical (unpaired) electrons. The number of hydrogen-bond donors (Lipinski definition) is 10. The Morgan fingerprint density at radius 1 is 0.500 bits per heavy atom. The van der Waals surface area contributed by atoms with Gasteiger partial charge in [-0.3, -0.25) is 0 Å². The van der Waals surface area contributed by atoms with Crippen molar-refractivity contribution in [3.8, 4) is 57.5 Å². The summed E-state index contributed by atoms with van der Waals surface area (Å²) in [6.45, 7) is 0. The zero-order chi connectivity index (χ0) is 27.9. The van der Waals surface area contributed by atoms with E-state index in [1.165, 1.54) is 12.1 Å². The number of phenols is 10. The predicted octanol–water partition coefficient (Wildman–Crippen LogP) is 3.80. The summed E-state index contributed by atoms with van der Waals surface area (Å²) < 4.78 is 5.75. The minimum atomic E-state index is -4.43. The molecule has 0 aliphatic rings. The third-order valence-corrected chi connectivity index (χ3v) is 8.67. The largest absolute Gasteiger partial charge is 0.508 e. The van der Waals surface area contributed by atoms with E-state index < -0.39 is 94.0 Å². The van der Waals surface area contributed by atoms with Gasteiger partial charge >= 0.3 is 5.97 Å². The summed E-state index contributed by atoms with van der Waals surface area (Å²) >= 11 is 0. The first-order valence-electron chi connectivity index (χ1n) is 10.5. The number of carbonyl (C=O) groups excluding carboxylic acids is 1. The number of phenolic OH excluding ortho intramolecular Hbond substituents is 10. The van der Waals surface area contributed by atoms with E-state index in [0.29, 0.717) is 36.4 Å². The van der Waals surface area contributed by atoms with Gasteiger partial charge in [-0.2, -0.15) is 0 Å². The standard InChI is InChI=1S/C25H20O12S/c26-11-5-16(30)22(17(31)6-11)38(23-18(32)7-12(27)8-19(23)33,24-20(34)9-13(28)10-21(24)35)37-25(36)14-3-1-2-4-15(14)29/h1-10,26-35H. The van der Waals surface area contributed by atoms with E-state index in [1.807, 2.05) is 0 Å². The number of aromatic hydroxyl groups is 10. The highest BCUT2D eigenvalue weighted by Crippen LogP contribution is 2.80. The lowest BCUT2D eigenvalue weighted by Crippen LogP contribution is -2.15. The summed E-state index contributed by atoms with van der Waals surface area (Å²) in [7, 11) is -4.43. The van der Waals surface area contributed by atoms with Crippen LogP contribution in [0.15, 0.2) is 75.4 Å². The molecule has 0 atom stereocenters. The van der Waals surface area contributed by atoms with Crippen LogP contribution < -0.4 is 0 Å². The van der Waals surface area contributed by atoms with Gasteiger partial charge in [0.25, 0.3) is 0 Å². The van der Waals surface area contributed by atoms with Crippen molar-refractivity contribution in [2.24, 2.45) is 0 Å². The van der Waals surface area contributed by atoms with Gasteiger partial charge in [-0.1, -0.05) is 12.1 Å². The lowest BCUT2D eigenvalue weighted by atomic mass is 10.2. The van der Waals surface area contributed by atoms with Crippen molar-refractivity contribution in [2.75, 3.05) is 0 Å². The molecule has 38 heavy (non-hydrogen) atoms. The molecule has 0 saturated carbocycles. The number of rotatable bonds is 5. The second-order valence-corrected chi connectivity index (χ2v) is 10.4. The van der Waals surface area contributed by atoms with Crippen molar-refractivity contribution in [1.29, 1.82) is 0 Å². The topological polar surface area (TPSA) is 229 Å². The van der Waals surface area contributed by atoms with Gasteiger partial charge in [0, 0.05) is 46.7 Å². The number of carbonyl (C=O) groups is 1. The molecule has 4 aromatic carbocycles. The van der Waals surface area contributed by atoms with Crippen LogP contribution in [-0.4, -0.2) is 57.0 Å². The molecule has 0 heterocycles. The van der Waals surface area contributed by atoms with Crippen molar-refractivity contribution >= 4 is 16.3 Å². The maximum absolute atomic E-state index is 13.5. The summed E-state index contributed by atoms with van der Waals surface area (Å²) in [5, 5.41) is 105. The van der Waals surface area contributed by atoms with Gasteiger partial charge in [-0.25, -0.2) is 4.79 Å². The molecule has 0 amide bonds. The summed E-state index contributed by atoms with van der Waals surface area (Å²) in [5.41, 5.74) is -0.474. The van der Waals surface area contributed by atoms with Crippen molar-refractivity contribution in [1.82, 2.24) is 0 Å². The Morgan fingerprint density at radius 3 is 1.13 bits per heavy atom. The second kappa shape index (κ2) is 9.29. The van der Waals surface area contributed by atoms with Gasteiger partial charge in [-0.15, -0.1) is 0 Å². The van der Waals surface area contributed by atoms with Crippen LogP contribution in [0.1, 0.15) is 10.4 Å². The maximum atomic E-state index is 13.5. The average molecular weight is 544 g/mol. The molecule has 198 valence electrons. The normalized spacial score (nSPS) is 11.7. The van der Waals surface area contributed by atoms with Gasteiger partial charge in [-0.05, 0) is 12.1 Å². The zero-order valence-electron chi connectivity index (χ0n) is 19.0. The molecule has 0 unspecified atom stereocenters. The molecule has 4 aromatic rings. The van der Waals surface area contributed by atoms with E-state index >= 15 is 0 Å². The second-order valence-electron chi connectivity index (χ2n) is 7.88. The lowest BCUT2D eigenvalue weighted by molar-refractivity contribution is 0.0753. The Balaban J connectivity index is 2.25. The Hall–Kier alpha value is -5.30. The highest BCUT2D eigenvalue weighted by Gasteiger charge is 2.48. The lowest BCUT2D eigenvalue weighted by Gasteiger charge is -2.40. The van der Waals surface area contributed by atoms with Crippen LogP contribution in [0, 0.1) is 0 Å². The highest BCUT2D eigenvalue weighted by atomic mass is 32.3. The van der Waals surface area contributed by atoms with E-state index in [0.717, 1.165) is 12.1 Å². The summed E-state index contributed by atoms with van der Waals surface area (Å²) in [4.78, 5) is 11.0. The van der Waals surface area contributed by atoms with Crippen molar-refractivity contribution in [3.05, 3.63) is 66.2 Å². The van der Waals surface area contributed by atoms with Crippen LogP contribution in [0.2, 0.25) is 0 Å². The molecule has 0 spiro atoms. The van der Waals surface area contributed by atoms with Crippen LogP contribution in [0.25, 0.3) is 0 Å². The molecular weight excluding hydrogens is 524 g/mol. The summed E-state index contributed by atoms with van der Waals surface area (Å²) in [5.74, 6) is -9.87. The van der Waals surface area contributed by atoms with Crippen molar-refractivity contribution in [2.45, 2.75) is 14.7 Å². The SMILES string of the molecule is O=C(OS(c1c(O)cc(O)cc1O)(c1c(O)cc(O)cc1O)c1c(O)cc(O)cc1O)c1ccccc1O. The molecule has 0 fully saturated rings. The number of hydrogen-bond acceptors (Lipinski definition) is 12. The smallest absolute Gasteiger partial charge is 0.353 e. The fourth-order valence-corrected chi connectivity index (χ4v) is 7.17. The molecule has 0 aromatic heterocycles. The minimum Gasteiger partial charge on any atom is -0.508 e. The Morgan fingerprint density at radius 2 is 0.816 bits per heavy atom. The third-order valence-electron chi connectivity index (χ3n) is 5.29. The minimum absolute atomic E-state index is 0.474. The van der Waals surface area contributed by atoms with Crippen LogP contribution in [0.5, 0.6) is 57.5 Å². The van der Waals surface area contributed by atoms with E-state index in [2.05, 4.69) is 0 Å². The fourth-order valence-electron chi connectivity index (χ4n) is 3.87. The van der Waals surface area contributed by atoms with Gasteiger partial charge in [0.2, 0.25) is 0 Å². The molecule has 4 rings (SSSR count). The molecular formula is C25H20O12S. The molecule has 10 N–H and O–H groups in total. The van der Waals surface area contributed by atoms with Gasteiger partial charge in [0.05, 0.1) is 0 Å².